The van der Waals surface area contributed by atoms with Crippen molar-refractivity contribution in [1.29, 1.82) is 0 Å². The van der Waals surface area contributed by atoms with E-state index in [-0.39, 0.29) is 50.5 Å². The summed E-state index contributed by atoms with van der Waals surface area (Å²) in [4.78, 5) is 0. The summed E-state index contributed by atoms with van der Waals surface area (Å²) >= 11 is 1.36. The molecule has 0 bridgehead atoms. The van der Waals surface area contributed by atoms with Crippen molar-refractivity contribution in [2.75, 3.05) is 0 Å². The third-order valence-corrected chi connectivity index (χ3v) is 8.24. The van der Waals surface area contributed by atoms with E-state index in [4.69, 9.17) is 0 Å². The topological polar surface area (TPSA) is 0 Å². The molecular weight excluding hydrogens is 707 g/mol. The van der Waals surface area contributed by atoms with Crippen LogP contribution in [0.25, 0.3) is 43.8 Å². The molecule has 47 heavy (non-hydrogen) atoms. The van der Waals surface area contributed by atoms with Crippen molar-refractivity contribution in [3.63, 3.8) is 0 Å². The van der Waals surface area contributed by atoms with E-state index in [9.17, 15) is 0 Å². The Morgan fingerprint density at radius 1 is 0.574 bits per heavy atom. The van der Waals surface area contributed by atoms with Gasteiger partial charge in [-0.2, -0.15) is 12.1 Å². The van der Waals surface area contributed by atoms with E-state index in [1.165, 1.54) is 89.4 Å². The van der Waals surface area contributed by atoms with E-state index in [0.29, 0.717) is 0 Å². The molecule has 250 valence electrons. The monoisotopic (exact) mass is 756 g/mol. The molecule has 0 nitrogen and oxygen atoms in total. The van der Waals surface area contributed by atoms with E-state index in [2.05, 4.69) is 171 Å². The molecule has 6 aromatic rings. The summed E-state index contributed by atoms with van der Waals surface area (Å²) in [6.45, 7) is 21.0. The van der Waals surface area contributed by atoms with Crippen LogP contribution in [0.5, 0.6) is 0 Å². The summed E-state index contributed by atoms with van der Waals surface area (Å²) in [5, 5.41) is 5.41. The number of fused-ring (bicyclic) bond motifs is 2. The summed E-state index contributed by atoms with van der Waals surface area (Å²) < 4.78 is 0. The number of halogens is 2. The number of hydrogen-bond acceptors (Lipinski definition) is 0. The predicted molar refractivity (Wildman–Crippen MR) is 215 cm³/mol. The average Bonchev–Trinajstić information content (AvgIpc) is 3.60. The van der Waals surface area contributed by atoms with Crippen LogP contribution in [0, 0.1) is 21.8 Å². The molecule has 0 spiro atoms. The minimum atomic E-state index is 0. The van der Waals surface area contributed by atoms with E-state index in [1.54, 1.807) is 0 Å². The standard InChI is InChI=1S/C21H23.C20H21.2CH3.2ClH.Si.Zr/c1-5-15-13-17-7-6-8-19(20(17)14-15)16-9-11-18(12-10-16)21(2,3)4;1-14-12-16-6-5-7-18(19(16)13-14)15-8-10-17(11-9-15)20(2,3)4;;;;;;/h6-14H,5H2,1-4H3;5-13H,1-4H3;2*1H3;2*1H;;/q4*-1;;;;. The Bertz CT molecular complexity index is 1790. The van der Waals surface area contributed by atoms with Crippen molar-refractivity contribution in [3.8, 4) is 22.3 Å². The van der Waals surface area contributed by atoms with Crippen molar-refractivity contribution in [1.82, 2.24) is 0 Å². The van der Waals surface area contributed by atoms with Crippen LogP contribution in [0.2, 0.25) is 0 Å². The maximum atomic E-state index is 3.06. The fraction of sp³-hybridized carbons (Fsp3) is 0.256. The van der Waals surface area contributed by atoms with E-state index in [0.717, 1.165) is 6.42 Å². The summed E-state index contributed by atoms with van der Waals surface area (Å²) in [7, 11) is 0. The number of benzene rings is 4. The van der Waals surface area contributed by atoms with Gasteiger partial charge in [0.05, 0.1) is 0 Å². The summed E-state index contributed by atoms with van der Waals surface area (Å²) in [5.41, 5.74) is 11.2. The quantitative estimate of drug-likeness (QED) is 0.125. The number of aryl methyl sites for hydroxylation is 2. The first-order valence-electron chi connectivity index (χ1n) is 15.3. The van der Waals surface area contributed by atoms with E-state index >= 15 is 0 Å². The Labute approximate surface area is 315 Å². The molecule has 6 rings (SSSR count). The molecule has 4 heteroatoms. The minimum absolute atomic E-state index is 0. The normalized spacial score (nSPS) is 10.5. The van der Waals surface area contributed by atoms with Crippen LogP contribution in [0.4, 0.5) is 0 Å². The van der Waals surface area contributed by atoms with Gasteiger partial charge in [0.1, 0.15) is 0 Å². The number of rotatable bonds is 3. The zero-order chi connectivity index (χ0) is 31.4. The molecule has 0 fully saturated rings. The molecule has 0 unspecified atom stereocenters. The molecule has 0 aliphatic carbocycles. The summed E-state index contributed by atoms with van der Waals surface area (Å²) in [6, 6.07) is 40.4. The third kappa shape index (κ3) is 10.9. The zero-order valence-electron chi connectivity index (χ0n) is 29.9. The molecule has 0 N–H and O–H groups in total. The molecule has 0 aromatic heterocycles. The Morgan fingerprint density at radius 3 is 1.34 bits per heavy atom. The molecule has 0 aliphatic rings. The molecule has 0 amide bonds. The summed E-state index contributed by atoms with van der Waals surface area (Å²) in [5.74, 6) is 0. The Hall–Kier alpha value is -2.22. The van der Waals surface area contributed by atoms with E-state index < -0.39 is 0 Å². The van der Waals surface area contributed by atoms with Gasteiger partial charge in [-0.1, -0.05) is 127 Å². The van der Waals surface area contributed by atoms with Gasteiger partial charge in [0.15, 0.2) is 0 Å². The van der Waals surface area contributed by atoms with Crippen molar-refractivity contribution < 1.29 is 23.3 Å². The van der Waals surface area contributed by atoms with Crippen LogP contribution in [0.3, 0.4) is 0 Å². The van der Waals surface area contributed by atoms with Crippen molar-refractivity contribution >= 4 is 53.2 Å². The van der Waals surface area contributed by atoms with Gasteiger partial charge in [-0.05, 0) is 39.5 Å². The molecular formula is C43H52Cl2SiZr-4. The first-order valence-corrected chi connectivity index (χ1v) is 19.4. The van der Waals surface area contributed by atoms with Crippen LogP contribution in [0.15, 0.2) is 109 Å². The van der Waals surface area contributed by atoms with Crippen molar-refractivity contribution in [2.24, 2.45) is 0 Å². The average molecular weight is 759 g/mol. The SMILES string of the molecule is CCc1cc2c(-c3ccc(C(C)(C)C)cc3)cccc2[cH-]1.Cc1cc2c(-c3ccc(C(C)(C)C)cc3)cccc2[cH-]1.Cl.Cl.[CH3-].[CH3-].[Si]=[Zr]. The van der Waals surface area contributed by atoms with Crippen LogP contribution >= 0.6 is 24.8 Å². The maximum absolute atomic E-state index is 3.06. The second-order valence-corrected chi connectivity index (χ2v) is 13.5. The van der Waals surface area contributed by atoms with Crippen molar-refractivity contribution in [3.05, 3.63) is 146 Å². The second-order valence-electron chi connectivity index (χ2n) is 13.5. The molecule has 0 atom stereocenters. The fourth-order valence-electron chi connectivity index (χ4n) is 5.69. The van der Waals surface area contributed by atoms with Gasteiger partial charge in [0.25, 0.3) is 0 Å². The molecule has 0 aliphatic heterocycles. The van der Waals surface area contributed by atoms with Gasteiger partial charge in [-0.25, -0.2) is 0 Å². The van der Waals surface area contributed by atoms with Crippen LogP contribution in [-0.2, 0) is 40.6 Å². The van der Waals surface area contributed by atoms with Crippen LogP contribution in [-0.4, -0.2) is 6.88 Å². The fourth-order valence-corrected chi connectivity index (χ4v) is 5.69. The Balaban J connectivity index is 0.000000792. The molecule has 2 radical (unpaired) electrons. The third-order valence-electron chi connectivity index (χ3n) is 8.24. The van der Waals surface area contributed by atoms with Gasteiger partial charge in [0, 0.05) is 0 Å². The molecule has 0 heterocycles. The zero-order valence-corrected chi connectivity index (χ0v) is 35.0. The van der Waals surface area contributed by atoms with E-state index in [1.807, 2.05) is 0 Å². The first-order chi connectivity index (χ1) is 20.4. The van der Waals surface area contributed by atoms with Gasteiger partial charge in [0.2, 0.25) is 0 Å². The Kier molecular flexibility index (Phi) is 18.2. The van der Waals surface area contributed by atoms with Gasteiger partial charge in [-0.3, -0.25) is 0 Å². The van der Waals surface area contributed by atoms with Crippen molar-refractivity contribution in [2.45, 2.75) is 72.6 Å². The first kappa shape index (κ1) is 44.8. The molecule has 0 saturated carbocycles. The predicted octanol–water partition coefficient (Wildman–Crippen LogP) is 13.3. The molecule has 0 saturated heterocycles. The van der Waals surface area contributed by atoms with Gasteiger partial charge < -0.3 is 14.9 Å². The van der Waals surface area contributed by atoms with Gasteiger partial charge in [-0.15, -0.1) is 93.9 Å². The molecule has 6 aromatic carbocycles. The summed E-state index contributed by atoms with van der Waals surface area (Å²) in [6.07, 6.45) is 1.09. The van der Waals surface area contributed by atoms with Crippen LogP contribution in [0.1, 0.15) is 70.7 Å². The second kappa shape index (κ2) is 19.1. The van der Waals surface area contributed by atoms with Crippen LogP contribution < -0.4 is 0 Å². The van der Waals surface area contributed by atoms with Gasteiger partial charge >= 0.3 is 30.2 Å². The number of hydrogen-bond donors (Lipinski definition) is 0. The Morgan fingerprint density at radius 2 is 0.957 bits per heavy atom.